The second-order valence-electron chi connectivity index (χ2n) is 6.94. The lowest BCUT2D eigenvalue weighted by atomic mass is 9.98. The average molecular weight is 519 g/mol. The maximum absolute atomic E-state index is 12.9. The first-order chi connectivity index (χ1) is 15.0. The first kappa shape index (κ1) is 23.4. The van der Waals surface area contributed by atoms with Crippen LogP contribution >= 0.6 is 39.0 Å². The molecule has 0 saturated heterocycles. The van der Waals surface area contributed by atoms with Gasteiger partial charge in [0.25, 0.3) is 0 Å². The number of thioether (sulfide) groups is 1. The largest absolute Gasteiger partial charge is 0.343 e. The molecule has 0 fully saturated rings. The molecule has 1 heterocycles. The van der Waals surface area contributed by atoms with E-state index in [0.717, 1.165) is 21.4 Å². The van der Waals surface area contributed by atoms with E-state index in [4.69, 9.17) is 0 Å². The minimum atomic E-state index is -0.646. The van der Waals surface area contributed by atoms with Gasteiger partial charge in [0, 0.05) is 14.9 Å². The Labute approximate surface area is 198 Å². The Morgan fingerprint density at radius 3 is 2.61 bits per heavy atom. The van der Waals surface area contributed by atoms with Crippen molar-refractivity contribution in [1.82, 2.24) is 15.5 Å². The van der Waals surface area contributed by atoms with Crippen LogP contribution < -0.4 is 10.6 Å². The summed E-state index contributed by atoms with van der Waals surface area (Å²) in [6.07, 6.45) is 0.754. The van der Waals surface area contributed by atoms with Crippen molar-refractivity contribution in [3.63, 3.8) is 0 Å². The monoisotopic (exact) mass is 518 g/mol. The third-order valence-electron chi connectivity index (χ3n) is 4.65. The van der Waals surface area contributed by atoms with Gasteiger partial charge in [0.05, 0.1) is 5.75 Å². The Kier molecular flexibility index (Phi) is 8.62. The van der Waals surface area contributed by atoms with E-state index in [2.05, 4.69) is 36.8 Å². The van der Waals surface area contributed by atoms with Gasteiger partial charge in [-0.25, -0.2) is 0 Å². The van der Waals surface area contributed by atoms with Gasteiger partial charge in [0.1, 0.15) is 11.0 Å². The smallest absolute Gasteiger partial charge is 0.249 e. The van der Waals surface area contributed by atoms with Gasteiger partial charge in [0.2, 0.25) is 16.9 Å². The molecule has 0 radical (unpaired) electrons. The molecule has 2 amide bonds. The highest BCUT2D eigenvalue weighted by molar-refractivity contribution is 9.10. The number of carbonyl (C=O) groups excluding carboxylic acids is 2. The summed E-state index contributed by atoms with van der Waals surface area (Å²) >= 11 is 6.18. The zero-order chi connectivity index (χ0) is 22.2. The molecule has 0 saturated carbocycles. The van der Waals surface area contributed by atoms with Crippen LogP contribution in [-0.4, -0.2) is 33.8 Å². The van der Waals surface area contributed by atoms with Crippen LogP contribution in [0.25, 0.3) is 10.6 Å². The molecule has 2 atom stereocenters. The van der Waals surface area contributed by atoms with Crippen LogP contribution in [0.1, 0.15) is 20.3 Å². The summed E-state index contributed by atoms with van der Waals surface area (Å²) in [5, 5.41) is 15.1. The molecule has 0 aliphatic rings. The number of carbonyl (C=O) groups is 2. The predicted octanol–water partition coefficient (Wildman–Crippen LogP) is 5.23. The molecule has 3 aromatic rings. The molecule has 0 aliphatic heterocycles. The zero-order valence-electron chi connectivity index (χ0n) is 17.2. The first-order valence-corrected chi connectivity index (χ1v) is 12.4. The third kappa shape index (κ3) is 6.88. The van der Waals surface area contributed by atoms with Crippen molar-refractivity contribution in [2.75, 3.05) is 11.1 Å². The molecular formula is C22H23BrN4O2S2. The number of aromatic nitrogens is 2. The van der Waals surface area contributed by atoms with Gasteiger partial charge < -0.3 is 5.32 Å². The Morgan fingerprint density at radius 1 is 1.13 bits per heavy atom. The van der Waals surface area contributed by atoms with E-state index in [-0.39, 0.29) is 23.5 Å². The van der Waals surface area contributed by atoms with Crippen molar-refractivity contribution in [1.29, 1.82) is 0 Å². The van der Waals surface area contributed by atoms with Crippen LogP contribution in [0.2, 0.25) is 0 Å². The number of anilines is 1. The van der Waals surface area contributed by atoms with Crippen LogP contribution in [0, 0.1) is 5.92 Å². The first-order valence-electron chi connectivity index (χ1n) is 9.83. The van der Waals surface area contributed by atoms with E-state index in [1.54, 1.807) is 0 Å². The zero-order valence-corrected chi connectivity index (χ0v) is 20.4. The van der Waals surface area contributed by atoms with Gasteiger partial charge in [-0.05, 0) is 30.2 Å². The summed E-state index contributed by atoms with van der Waals surface area (Å²) in [6.45, 7) is 3.94. The van der Waals surface area contributed by atoms with Gasteiger partial charge in [-0.1, -0.05) is 77.9 Å². The minimum Gasteiger partial charge on any atom is -0.343 e. The predicted molar refractivity (Wildman–Crippen MR) is 130 cm³/mol. The van der Waals surface area contributed by atoms with Crippen LogP contribution in [-0.2, 0) is 9.59 Å². The van der Waals surface area contributed by atoms with Crippen LogP contribution in [0.15, 0.2) is 64.0 Å². The highest BCUT2D eigenvalue weighted by Gasteiger charge is 2.27. The fourth-order valence-electron chi connectivity index (χ4n) is 2.78. The highest BCUT2D eigenvalue weighted by atomic mass is 79.9. The molecule has 1 aromatic heterocycles. The van der Waals surface area contributed by atoms with Crippen LogP contribution in [0.3, 0.4) is 0 Å². The van der Waals surface area contributed by atoms with E-state index in [1.807, 2.05) is 68.4 Å². The Balaban J connectivity index is 1.62. The molecule has 0 aliphatic carbocycles. The molecule has 2 unspecified atom stereocenters. The fraction of sp³-hybridized carbons (Fsp3) is 0.273. The van der Waals surface area contributed by atoms with Crippen molar-refractivity contribution in [2.24, 2.45) is 5.92 Å². The quantitative estimate of drug-likeness (QED) is 0.379. The standard InChI is InChI=1S/C22H23BrN4O2S2/c1-3-14(2)19(24-18(28)13-30-17-10-5-4-6-11-17)20(29)25-22-27-26-21(31-22)15-8-7-9-16(23)12-15/h4-12,14,19H,3,13H2,1-2H3,(H,24,28)(H,25,27,29). The Hall–Kier alpha value is -2.23. The van der Waals surface area contributed by atoms with Crippen molar-refractivity contribution in [3.05, 3.63) is 59.1 Å². The second kappa shape index (κ2) is 11.4. The average Bonchev–Trinajstić information content (AvgIpc) is 3.24. The summed E-state index contributed by atoms with van der Waals surface area (Å²) in [6, 6.07) is 16.8. The maximum atomic E-state index is 12.9. The molecule has 2 aromatic carbocycles. The van der Waals surface area contributed by atoms with E-state index in [1.165, 1.54) is 23.1 Å². The van der Waals surface area contributed by atoms with E-state index in [9.17, 15) is 9.59 Å². The fourth-order valence-corrected chi connectivity index (χ4v) is 4.65. The lowest BCUT2D eigenvalue weighted by Crippen LogP contribution is -2.48. The summed E-state index contributed by atoms with van der Waals surface area (Å²) in [4.78, 5) is 26.4. The lowest BCUT2D eigenvalue weighted by molar-refractivity contribution is -0.126. The number of nitrogens with one attached hydrogen (secondary N) is 2. The van der Waals surface area contributed by atoms with Gasteiger partial charge in [-0.3, -0.25) is 14.9 Å². The number of rotatable bonds is 9. The number of benzene rings is 2. The van der Waals surface area contributed by atoms with Crippen LogP contribution in [0.4, 0.5) is 5.13 Å². The molecule has 3 rings (SSSR count). The van der Waals surface area contributed by atoms with Gasteiger partial charge in [-0.2, -0.15) is 0 Å². The normalized spacial score (nSPS) is 12.7. The number of hydrogen-bond acceptors (Lipinski definition) is 6. The second-order valence-corrected chi connectivity index (χ2v) is 9.89. The number of nitrogens with zero attached hydrogens (tertiary/aromatic N) is 2. The molecule has 0 bridgehead atoms. The summed E-state index contributed by atoms with van der Waals surface area (Å²) in [5.74, 6) is -0.246. The SMILES string of the molecule is CCC(C)C(NC(=O)CSc1ccccc1)C(=O)Nc1nnc(-c2cccc(Br)c2)s1. The van der Waals surface area contributed by atoms with Crippen molar-refractivity contribution < 1.29 is 9.59 Å². The third-order valence-corrected chi connectivity index (χ3v) is 7.04. The van der Waals surface area contributed by atoms with Gasteiger partial charge >= 0.3 is 0 Å². The summed E-state index contributed by atoms with van der Waals surface area (Å²) in [5.41, 5.74) is 0.914. The van der Waals surface area contributed by atoms with E-state index in [0.29, 0.717) is 10.1 Å². The Bertz CT molecular complexity index is 1030. The van der Waals surface area contributed by atoms with Crippen molar-refractivity contribution in [3.8, 4) is 10.6 Å². The number of hydrogen-bond donors (Lipinski definition) is 2. The topological polar surface area (TPSA) is 84.0 Å². The molecule has 0 spiro atoms. The summed E-state index contributed by atoms with van der Waals surface area (Å²) in [7, 11) is 0. The molecule has 162 valence electrons. The molecule has 9 heteroatoms. The van der Waals surface area contributed by atoms with Crippen molar-refractivity contribution in [2.45, 2.75) is 31.2 Å². The number of amides is 2. The van der Waals surface area contributed by atoms with Gasteiger partial charge in [-0.15, -0.1) is 22.0 Å². The number of halogens is 1. The highest BCUT2D eigenvalue weighted by Crippen LogP contribution is 2.28. The molecule has 2 N–H and O–H groups in total. The van der Waals surface area contributed by atoms with Gasteiger partial charge in [0.15, 0.2) is 0 Å². The summed E-state index contributed by atoms with van der Waals surface area (Å²) < 4.78 is 0.943. The van der Waals surface area contributed by atoms with E-state index >= 15 is 0 Å². The van der Waals surface area contributed by atoms with Crippen LogP contribution in [0.5, 0.6) is 0 Å². The minimum absolute atomic E-state index is 0.0249. The lowest BCUT2D eigenvalue weighted by Gasteiger charge is -2.22. The molecule has 31 heavy (non-hydrogen) atoms. The Morgan fingerprint density at radius 2 is 1.90 bits per heavy atom. The van der Waals surface area contributed by atoms with E-state index < -0.39 is 6.04 Å². The molecular weight excluding hydrogens is 496 g/mol. The molecule has 6 nitrogen and oxygen atoms in total. The maximum Gasteiger partial charge on any atom is 0.249 e. The van der Waals surface area contributed by atoms with Crippen molar-refractivity contribution >= 4 is 56.0 Å².